The van der Waals surface area contributed by atoms with Crippen molar-refractivity contribution in [1.29, 1.82) is 0 Å². The molecule has 0 radical (unpaired) electrons. The summed E-state index contributed by atoms with van der Waals surface area (Å²) in [5.74, 6) is 0.493. The van der Waals surface area contributed by atoms with Crippen molar-refractivity contribution in [2.75, 3.05) is 0 Å². The van der Waals surface area contributed by atoms with Crippen LogP contribution in [0.5, 0.6) is 0 Å². The number of fused-ring (bicyclic) bond motifs is 1. The Labute approximate surface area is 112 Å². The molecule has 3 unspecified atom stereocenters. The van der Waals surface area contributed by atoms with Gasteiger partial charge >= 0.3 is 6.18 Å². The molecular weight excluding hydrogens is 251 g/mol. The molecule has 1 aliphatic carbocycles. The van der Waals surface area contributed by atoms with Crippen LogP contribution in [0, 0.1) is 0 Å². The average molecular weight is 271 g/mol. The van der Waals surface area contributed by atoms with Gasteiger partial charge in [-0.05, 0) is 36.8 Å². The quantitative estimate of drug-likeness (QED) is 0.850. The third-order valence-electron chi connectivity index (χ3n) is 3.81. The molecule has 0 heterocycles. The summed E-state index contributed by atoms with van der Waals surface area (Å²) in [7, 11) is 0. The van der Waals surface area contributed by atoms with Gasteiger partial charge in [0.1, 0.15) is 0 Å². The van der Waals surface area contributed by atoms with Crippen LogP contribution in [0.1, 0.15) is 56.2 Å². The van der Waals surface area contributed by atoms with Crippen molar-refractivity contribution in [3.8, 4) is 0 Å². The smallest absolute Gasteiger partial charge is 0.307 e. The normalized spacial score (nSPS) is 24.9. The predicted octanol–water partition coefficient (Wildman–Crippen LogP) is 4.56. The van der Waals surface area contributed by atoms with Crippen molar-refractivity contribution in [3.05, 3.63) is 35.4 Å². The second-order valence-electron chi connectivity index (χ2n) is 5.55. The molecule has 0 aliphatic heterocycles. The molecule has 3 atom stereocenters. The van der Waals surface area contributed by atoms with E-state index in [1.807, 2.05) is 18.2 Å². The van der Waals surface area contributed by atoms with Gasteiger partial charge in [-0.1, -0.05) is 31.2 Å². The monoisotopic (exact) mass is 271 g/mol. The summed E-state index contributed by atoms with van der Waals surface area (Å²) in [6.45, 7) is 3.78. The first-order valence-corrected chi connectivity index (χ1v) is 6.78. The molecule has 0 saturated heterocycles. The SMILES string of the molecule is CC(CC(F)(F)F)NC1CCC(C)c2ccccc21. The number of nitrogens with one attached hydrogen (secondary N) is 1. The number of rotatable bonds is 3. The molecular formula is C15H20F3N. The molecule has 0 spiro atoms. The first kappa shape index (κ1) is 14.4. The third kappa shape index (κ3) is 3.72. The van der Waals surface area contributed by atoms with Crippen molar-refractivity contribution >= 4 is 0 Å². The summed E-state index contributed by atoms with van der Waals surface area (Å²) in [5.41, 5.74) is 2.43. The van der Waals surface area contributed by atoms with E-state index in [9.17, 15) is 13.2 Å². The molecule has 1 aromatic rings. The van der Waals surface area contributed by atoms with E-state index in [-0.39, 0.29) is 6.04 Å². The zero-order valence-electron chi connectivity index (χ0n) is 11.3. The van der Waals surface area contributed by atoms with Crippen LogP contribution in [0.3, 0.4) is 0 Å². The Morgan fingerprint density at radius 2 is 1.84 bits per heavy atom. The van der Waals surface area contributed by atoms with Crippen molar-refractivity contribution in [3.63, 3.8) is 0 Å². The molecule has 106 valence electrons. The topological polar surface area (TPSA) is 12.0 Å². The molecule has 4 heteroatoms. The molecule has 1 N–H and O–H groups in total. The maximum atomic E-state index is 12.4. The van der Waals surface area contributed by atoms with Gasteiger partial charge in [0.2, 0.25) is 0 Å². The summed E-state index contributed by atoms with van der Waals surface area (Å²) in [5, 5.41) is 3.13. The summed E-state index contributed by atoms with van der Waals surface area (Å²) in [6.07, 6.45) is -2.96. The van der Waals surface area contributed by atoms with Crippen LogP contribution in [-0.4, -0.2) is 12.2 Å². The Morgan fingerprint density at radius 1 is 1.21 bits per heavy atom. The van der Waals surface area contributed by atoms with E-state index in [2.05, 4.69) is 18.3 Å². The third-order valence-corrected chi connectivity index (χ3v) is 3.81. The van der Waals surface area contributed by atoms with E-state index in [0.29, 0.717) is 5.92 Å². The molecule has 0 saturated carbocycles. The molecule has 1 aliphatic rings. The lowest BCUT2D eigenvalue weighted by atomic mass is 9.81. The van der Waals surface area contributed by atoms with Gasteiger partial charge in [0, 0.05) is 12.1 Å². The van der Waals surface area contributed by atoms with Gasteiger partial charge in [0.15, 0.2) is 0 Å². The minimum Gasteiger partial charge on any atom is -0.307 e. The fraction of sp³-hybridized carbons (Fsp3) is 0.600. The van der Waals surface area contributed by atoms with Crippen molar-refractivity contribution < 1.29 is 13.2 Å². The van der Waals surface area contributed by atoms with Crippen LogP contribution in [0.15, 0.2) is 24.3 Å². The van der Waals surface area contributed by atoms with Gasteiger partial charge in [-0.3, -0.25) is 0 Å². The van der Waals surface area contributed by atoms with Crippen LogP contribution >= 0.6 is 0 Å². The second-order valence-corrected chi connectivity index (χ2v) is 5.55. The average Bonchev–Trinajstić information content (AvgIpc) is 2.31. The lowest BCUT2D eigenvalue weighted by molar-refractivity contribution is -0.139. The van der Waals surface area contributed by atoms with Crippen LogP contribution in [0.25, 0.3) is 0 Å². The van der Waals surface area contributed by atoms with Crippen molar-refractivity contribution in [2.24, 2.45) is 0 Å². The fourth-order valence-corrected chi connectivity index (χ4v) is 2.93. The number of benzene rings is 1. The highest BCUT2D eigenvalue weighted by atomic mass is 19.4. The zero-order valence-corrected chi connectivity index (χ0v) is 11.3. The van der Waals surface area contributed by atoms with Crippen molar-refractivity contribution in [1.82, 2.24) is 5.32 Å². The second kappa shape index (κ2) is 5.53. The molecule has 0 aromatic heterocycles. The highest BCUT2D eigenvalue weighted by molar-refractivity contribution is 5.34. The van der Waals surface area contributed by atoms with E-state index in [1.54, 1.807) is 6.92 Å². The molecule has 1 aromatic carbocycles. The first-order valence-electron chi connectivity index (χ1n) is 6.78. The Kier molecular flexibility index (Phi) is 4.19. The van der Waals surface area contributed by atoms with E-state index in [1.165, 1.54) is 5.56 Å². The molecule has 0 bridgehead atoms. The molecule has 1 nitrogen and oxygen atoms in total. The van der Waals surface area contributed by atoms with Crippen LogP contribution in [0.2, 0.25) is 0 Å². The summed E-state index contributed by atoms with van der Waals surface area (Å²) in [6, 6.07) is 7.57. The number of hydrogen-bond acceptors (Lipinski definition) is 1. The van der Waals surface area contributed by atoms with Crippen LogP contribution in [-0.2, 0) is 0 Å². The summed E-state index contributed by atoms with van der Waals surface area (Å²) >= 11 is 0. The van der Waals surface area contributed by atoms with Gasteiger partial charge in [-0.25, -0.2) is 0 Å². The van der Waals surface area contributed by atoms with E-state index >= 15 is 0 Å². The Hall–Kier alpha value is -1.03. The minimum absolute atomic E-state index is 0.0461. The predicted molar refractivity (Wildman–Crippen MR) is 70.1 cm³/mol. The largest absolute Gasteiger partial charge is 0.390 e. The summed E-state index contributed by atoms with van der Waals surface area (Å²) in [4.78, 5) is 0. The number of halogens is 3. The standard InChI is InChI=1S/C15H20F3N/c1-10-7-8-14(13-6-4-3-5-12(10)13)19-11(2)9-15(16,17)18/h3-6,10-11,14,19H,7-9H2,1-2H3. The molecule has 0 amide bonds. The van der Waals surface area contributed by atoms with Gasteiger partial charge in [-0.2, -0.15) is 13.2 Å². The van der Waals surface area contributed by atoms with Crippen LogP contribution in [0.4, 0.5) is 13.2 Å². The van der Waals surface area contributed by atoms with E-state index in [4.69, 9.17) is 0 Å². The van der Waals surface area contributed by atoms with Crippen molar-refractivity contribution in [2.45, 2.75) is 57.3 Å². The minimum atomic E-state index is -4.10. The van der Waals surface area contributed by atoms with Gasteiger partial charge < -0.3 is 5.32 Å². The summed E-state index contributed by atoms with van der Waals surface area (Å²) < 4.78 is 37.1. The fourth-order valence-electron chi connectivity index (χ4n) is 2.93. The first-order chi connectivity index (χ1) is 8.87. The van der Waals surface area contributed by atoms with E-state index in [0.717, 1.165) is 18.4 Å². The highest BCUT2D eigenvalue weighted by Gasteiger charge is 2.32. The van der Waals surface area contributed by atoms with Gasteiger partial charge in [0.25, 0.3) is 0 Å². The molecule has 0 fully saturated rings. The zero-order chi connectivity index (χ0) is 14.0. The Balaban J connectivity index is 2.08. The van der Waals surface area contributed by atoms with E-state index < -0.39 is 18.6 Å². The van der Waals surface area contributed by atoms with Gasteiger partial charge in [-0.15, -0.1) is 0 Å². The maximum Gasteiger partial charge on any atom is 0.390 e. The highest BCUT2D eigenvalue weighted by Crippen LogP contribution is 2.37. The molecule has 2 rings (SSSR count). The number of alkyl halides is 3. The Morgan fingerprint density at radius 3 is 2.47 bits per heavy atom. The maximum absolute atomic E-state index is 12.4. The Bertz CT molecular complexity index is 428. The number of hydrogen-bond donors (Lipinski definition) is 1. The lowest BCUT2D eigenvalue weighted by Gasteiger charge is -2.32. The lowest BCUT2D eigenvalue weighted by Crippen LogP contribution is -2.36. The van der Waals surface area contributed by atoms with Gasteiger partial charge in [0.05, 0.1) is 6.42 Å². The van der Waals surface area contributed by atoms with Crippen LogP contribution < -0.4 is 5.32 Å². The molecule has 19 heavy (non-hydrogen) atoms.